The predicted octanol–water partition coefficient (Wildman–Crippen LogP) is -2.26. The van der Waals surface area contributed by atoms with Gasteiger partial charge in [0, 0.05) is 5.75 Å². The first-order chi connectivity index (χ1) is 7.93. The van der Waals surface area contributed by atoms with Crippen molar-refractivity contribution in [3.05, 3.63) is 0 Å². The number of amides is 1. The third-order valence-corrected chi connectivity index (χ3v) is 3.64. The number of thioether (sulfide) groups is 1. The number of nitrogens with two attached hydrogens (primary N) is 1. The Morgan fingerprint density at radius 3 is 2.65 bits per heavy atom. The van der Waals surface area contributed by atoms with Gasteiger partial charge in [-0.3, -0.25) is 9.59 Å². The minimum Gasteiger partial charge on any atom is -0.480 e. The maximum Gasteiger partial charge on any atom is 0.320 e. The first-order valence-electron chi connectivity index (χ1n) is 5.16. The van der Waals surface area contributed by atoms with Crippen molar-refractivity contribution in [2.75, 3.05) is 11.5 Å². The summed E-state index contributed by atoms with van der Waals surface area (Å²) in [4.78, 5) is 21.4. The van der Waals surface area contributed by atoms with Crippen LogP contribution in [-0.2, 0) is 9.59 Å². The van der Waals surface area contributed by atoms with E-state index in [4.69, 9.17) is 10.8 Å². The van der Waals surface area contributed by atoms with Gasteiger partial charge in [-0.05, 0) is 12.2 Å². The Balaban J connectivity index is 2.20. The van der Waals surface area contributed by atoms with Crippen LogP contribution in [0, 0.1) is 0 Å². The predicted molar refractivity (Wildman–Crippen MR) is 61.5 cm³/mol. The highest BCUT2D eigenvalue weighted by atomic mass is 32.2. The van der Waals surface area contributed by atoms with Crippen molar-refractivity contribution >= 4 is 23.6 Å². The van der Waals surface area contributed by atoms with Crippen molar-refractivity contribution in [2.24, 2.45) is 5.73 Å². The molecule has 1 saturated heterocycles. The van der Waals surface area contributed by atoms with Gasteiger partial charge in [0.25, 0.3) is 5.91 Å². The number of carbonyl (C=O) groups excluding carboxylic acids is 1. The molecule has 0 saturated carbocycles. The van der Waals surface area contributed by atoms with Crippen LogP contribution < -0.4 is 11.1 Å². The molecule has 0 bridgehead atoms. The number of nitrogens with one attached hydrogen (secondary N) is 1. The molecule has 0 radical (unpaired) electrons. The van der Waals surface area contributed by atoms with E-state index in [9.17, 15) is 19.8 Å². The summed E-state index contributed by atoms with van der Waals surface area (Å²) in [5, 5.41) is 29.6. The number of aliphatic hydroxyl groups is 2. The van der Waals surface area contributed by atoms with Crippen LogP contribution in [0.25, 0.3) is 0 Å². The minimum absolute atomic E-state index is 0.319. The molecule has 1 rings (SSSR count). The van der Waals surface area contributed by atoms with Crippen LogP contribution >= 0.6 is 11.8 Å². The third kappa shape index (κ3) is 3.84. The Morgan fingerprint density at radius 2 is 2.18 bits per heavy atom. The molecular formula is C9H16N2O5S. The second-order valence-corrected chi connectivity index (χ2v) is 5.01. The standard InChI is InChI=1S/C9H16N2O5S/c10-4(9(15)16)1-2-17-3-5-6(12)7(13)8(14)11-5/h4-7,12-13H,1-3,10H2,(H,11,14)(H,15,16)/t4-,5+,6+,7+/m0/s1. The molecule has 17 heavy (non-hydrogen) atoms. The van der Waals surface area contributed by atoms with Gasteiger partial charge in [-0.15, -0.1) is 0 Å². The van der Waals surface area contributed by atoms with E-state index in [1.807, 2.05) is 0 Å². The topological polar surface area (TPSA) is 133 Å². The minimum atomic E-state index is -1.37. The zero-order valence-electron chi connectivity index (χ0n) is 9.07. The van der Waals surface area contributed by atoms with Gasteiger partial charge in [0.2, 0.25) is 0 Å². The average molecular weight is 264 g/mol. The molecule has 0 aromatic carbocycles. The SMILES string of the molecule is N[C@@H](CCSC[C@H]1NC(=O)[C@H](O)[C@@H]1O)C(=O)O. The smallest absolute Gasteiger partial charge is 0.320 e. The zero-order valence-corrected chi connectivity index (χ0v) is 9.89. The van der Waals surface area contributed by atoms with Gasteiger partial charge in [0.05, 0.1) is 6.04 Å². The number of aliphatic hydroxyl groups excluding tert-OH is 2. The molecule has 1 aliphatic rings. The van der Waals surface area contributed by atoms with Crippen LogP contribution in [0.1, 0.15) is 6.42 Å². The summed E-state index contributed by atoms with van der Waals surface area (Å²) in [5.41, 5.74) is 5.31. The highest BCUT2D eigenvalue weighted by Crippen LogP contribution is 2.15. The second kappa shape index (κ2) is 6.20. The lowest BCUT2D eigenvalue weighted by molar-refractivity contribution is -0.138. The van der Waals surface area contributed by atoms with E-state index >= 15 is 0 Å². The van der Waals surface area contributed by atoms with Gasteiger partial charge in [0.1, 0.15) is 12.1 Å². The largest absolute Gasteiger partial charge is 0.480 e. The molecule has 7 nitrogen and oxygen atoms in total. The number of hydrogen-bond acceptors (Lipinski definition) is 6. The van der Waals surface area contributed by atoms with Crippen molar-refractivity contribution in [3.63, 3.8) is 0 Å². The van der Waals surface area contributed by atoms with Crippen LogP contribution in [0.3, 0.4) is 0 Å². The fourth-order valence-electron chi connectivity index (χ4n) is 1.41. The monoisotopic (exact) mass is 264 g/mol. The Morgan fingerprint density at radius 1 is 1.53 bits per heavy atom. The normalized spacial score (nSPS) is 30.1. The summed E-state index contributed by atoms with van der Waals surface area (Å²) in [6, 6.07) is -1.39. The lowest BCUT2D eigenvalue weighted by Crippen LogP contribution is -2.35. The Kier molecular flexibility index (Phi) is 5.19. The van der Waals surface area contributed by atoms with E-state index in [2.05, 4.69) is 5.32 Å². The molecule has 98 valence electrons. The number of rotatable bonds is 6. The van der Waals surface area contributed by atoms with Crippen LogP contribution in [0.5, 0.6) is 0 Å². The highest BCUT2D eigenvalue weighted by Gasteiger charge is 2.39. The van der Waals surface area contributed by atoms with E-state index in [0.29, 0.717) is 17.9 Å². The Hall–Kier alpha value is -0.830. The van der Waals surface area contributed by atoms with E-state index in [1.165, 1.54) is 11.8 Å². The van der Waals surface area contributed by atoms with Crippen molar-refractivity contribution in [1.82, 2.24) is 5.32 Å². The van der Waals surface area contributed by atoms with Crippen molar-refractivity contribution in [1.29, 1.82) is 0 Å². The van der Waals surface area contributed by atoms with E-state index < -0.39 is 36.2 Å². The average Bonchev–Trinajstić information content (AvgIpc) is 2.52. The summed E-state index contributed by atoms with van der Waals surface area (Å²) in [6.45, 7) is 0. The Labute approximate surface area is 102 Å². The molecule has 1 fully saturated rings. The quantitative estimate of drug-likeness (QED) is 0.342. The fraction of sp³-hybridized carbons (Fsp3) is 0.778. The van der Waals surface area contributed by atoms with Crippen molar-refractivity contribution in [2.45, 2.75) is 30.7 Å². The number of carboxylic acids is 1. The van der Waals surface area contributed by atoms with E-state index in [-0.39, 0.29) is 0 Å². The van der Waals surface area contributed by atoms with Gasteiger partial charge in [-0.1, -0.05) is 0 Å². The van der Waals surface area contributed by atoms with Crippen molar-refractivity contribution in [3.8, 4) is 0 Å². The lowest BCUT2D eigenvalue weighted by Gasteiger charge is -2.14. The molecule has 0 aliphatic carbocycles. The first kappa shape index (κ1) is 14.2. The summed E-state index contributed by atoms with van der Waals surface area (Å²) < 4.78 is 0. The number of hydrogen-bond donors (Lipinski definition) is 5. The molecule has 1 amide bonds. The molecule has 0 aromatic heterocycles. The van der Waals surface area contributed by atoms with Crippen molar-refractivity contribution < 1.29 is 24.9 Å². The molecule has 0 unspecified atom stereocenters. The molecule has 0 aromatic rings. The third-order valence-electron chi connectivity index (χ3n) is 2.52. The molecule has 1 heterocycles. The molecular weight excluding hydrogens is 248 g/mol. The molecule has 6 N–H and O–H groups in total. The van der Waals surface area contributed by atoms with Crippen LogP contribution in [0.15, 0.2) is 0 Å². The maximum absolute atomic E-state index is 11.0. The summed E-state index contributed by atoms with van der Waals surface area (Å²) >= 11 is 1.37. The van der Waals surface area contributed by atoms with E-state index in [1.54, 1.807) is 0 Å². The first-order valence-corrected chi connectivity index (χ1v) is 6.31. The maximum atomic E-state index is 11.0. The van der Waals surface area contributed by atoms with Gasteiger partial charge in [0.15, 0.2) is 6.10 Å². The number of carboxylic acid groups (broad SMARTS) is 1. The molecule has 8 heteroatoms. The van der Waals surface area contributed by atoms with Crippen LogP contribution in [0.4, 0.5) is 0 Å². The number of carbonyl (C=O) groups is 2. The summed E-state index contributed by atoms with van der Waals surface area (Å²) in [6.07, 6.45) is -2.16. The highest BCUT2D eigenvalue weighted by molar-refractivity contribution is 7.99. The van der Waals surface area contributed by atoms with Crippen LogP contribution in [0.2, 0.25) is 0 Å². The van der Waals surface area contributed by atoms with Gasteiger partial charge >= 0.3 is 5.97 Å². The Bertz CT molecular complexity index is 301. The van der Waals surface area contributed by atoms with Gasteiger partial charge in [-0.25, -0.2) is 0 Å². The summed E-state index contributed by atoms with van der Waals surface area (Å²) in [7, 11) is 0. The van der Waals surface area contributed by atoms with E-state index in [0.717, 1.165) is 0 Å². The summed E-state index contributed by atoms with van der Waals surface area (Å²) in [5.74, 6) is -0.695. The molecule has 4 atom stereocenters. The molecule has 0 spiro atoms. The second-order valence-electron chi connectivity index (χ2n) is 3.86. The molecule has 1 aliphatic heterocycles. The zero-order chi connectivity index (χ0) is 13.0. The number of aliphatic carboxylic acids is 1. The van der Waals surface area contributed by atoms with Gasteiger partial charge < -0.3 is 26.4 Å². The lowest BCUT2D eigenvalue weighted by atomic mass is 10.2. The van der Waals surface area contributed by atoms with Crippen LogP contribution in [-0.4, -0.2) is 63.0 Å². The fourth-order valence-corrected chi connectivity index (χ4v) is 2.53. The van der Waals surface area contributed by atoms with Gasteiger partial charge in [-0.2, -0.15) is 11.8 Å².